The lowest BCUT2D eigenvalue weighted by Crippen LogP contribution is -2.33. The fourth-order valence-electron chi connectivity index (χ4n) is 3.34. The number of benzene rings is 1. The number of carboxylic acid groups (broad SMARTS) is 1. The number of aliphatic carboxylic acids is 1. The molecule has 0 spiro atoms. The maximum Gasteiger partial charge on any atom is 0.308 e. The van der Waals surface area contributed by atoms with Crippen LogP contribution in [0.4, 0.5) is 0 Å². The van der Waals surface area contributed by atoms with Crippen molar-refractivity contribution in [3.05, 3.63) is 29.3 Å². The Morgan fingerprint density at radius 2 is 1.96 bits per heavy atom. The monoisotopic (exact) mass is 317 g/mol. The summed E-state index contributed by atoms with van der Waals surface area (Å²) in [5.74, 6) is -0.0696. The third kappa shape index (κ3) is 3.49. The first-order chi connectivity index (χ1) is 11.0. The molecule has 3 rings (SSSR count). The highest BCUT2D eigenvalue weighted by molar-refractivity contribution is 5.80. The molecule has 1 N–H and O–H groups in total. The van der Waals surface area contributed by atoms with Gasteiger partial charge in [-0.05, 0) is 61.8 Å². The summed E-state index contributed by atoms with van der Waals surface area (Å²) in [6, 6.07) is 5.74. The number of carbonyl (C=O) groups excluding carboxylic acids is 1. The lowest BCUT2D eigenvalue weighted by Gasteiger charge is -2.17. The van der Waals surface area contributed by atoms with Gasteiger partial charge in [0.15, 0.2) is 6.61 Å². The van der Waals surface area contributed by atoms with Gasteiger partial charge in [0, 0.05) is 13.1 Å². The number of carbonyl (C=O) groups is 2. The molecule has 1 aliphatic carbocycles. The topological polar surface area (TPSA) is 66.8 Å². The van der Waals surface area contributed by atoms with Crippen LogP contribution in [0.5, 0.6) is 5.75 Å². The molecule has 2 aliphatic rings. The molecule has 23 heavy (non-hydrogen) atoms. The van der Waals surface area contributed by atoms with Crippen molar-refractivity contribution < 1.29 is 19.4 Å². The summed E-state index contributed by atoms with van der Waals surface area (Å²) in [4.78, 5) is 25.4. The zero-order valence-electron chi connectivity index (χ0n) is 13.6. The van der Waals surface area contributed by atoms with Crippen molar-refractivity contribution in [2.45, 2.75) is 26.7 Å². The quantitative estimate of drug-likeness (QED) is 0.904. The molecule has 1 aliphatic heterocycles. The number of nitrogens with zero attached hydrogens (tertiary/aromatic N) is 1. The second kappa shape index (κ2) is 6.22. The maximum atomic E-state index is 12.3. The minimum atomic E-state index is -0.785. The van der Waals surface area contributed by atoms with Crippen molar-refractivity contribution in [1.29, 1.82) is 0 Å². The van der Waals surface area contributed by atoms with Crippen molar-refractivity contribution in [2.24, 2.45) is 17.8 Å². The Labute approximate surface area is 136 Å². The van der Waals surface area contributed by atoms with E-state index in [1.165, 1.54) is 5.56 Å². The Morgan fingerprint density at radius 3 is 2.57 bits per heavy atom. The van der Waals surface area contributed by atoms with Gasteiger partial charge in [-0.3, -0.25) is 9.59 Å². The average Bonchev–Trinajstić information content (AvgIpc) is 3.26. The van der Waals surface area contributed by atoms with E-state index in [1.807, 2.05) is 32.0 Å². The minimum absolute atomic E-state index is 0.0355. The molecule has 0 unspecified atom stereocenters. The van der Waals surface area contributed by atoms with Gasteiger partial charge in [-0.25, -0.2) is 0 Å². The Kier molecular flexibility index (Phi) is 4.28. The average molecular weight is 317 g/mol. The van der Waals surface area contributed by atoms with E-state index in [-0.39, 0.29) is 18.4 Å². The van der Waals surface area contributed by atoms with Crippen LogP contribution in [0.3, 0.4) is 0 Å². The maximum absolute atomic E-state index is 12.3. The minimum Gasteiger partial charge on any atom is -0.484 e. The largest absolute Gasteiger partial charge is 0.484 e. The molecule has 1 heterocycles. The smallest absolute Gasteiger partial charge is 0.308 e. The Bertz CT molecular complexity index is 623. The Morgan fingerprint density at radius 1 is 1.22 bits per heavy atom. The zero-order chi connectivity index (χ0) is 16.6. The molecule has 124 valence electrons. The van der Waals surface area contributed by atoms with Gasteiger partial charge in [-0.2, -0.15) is 0 Å². The lowest BCUT2D eigenvalue weighted by molar-refractivity contribution is -0.142. The molecule has 1 aromatic rings. The van der Waals surface area contributed by atoms with Gasteiger partial charge < -0.3 is 14.7 Å². The van der Waals surface area contributed by atoms with Crippen LogP contribution in [0.2, 0.25) is 0 Å². The van der Waals surface area contributed by atoms with E-state index >= 15 is 0 Å². The van der Waals surface area contributed by atoms with Crippen LogP contribution in [0.1, 0.15) is 24.0 Å². The van der Waals surface area contributed by atoms with Gasteiger partial charge in [0.2, 0.25) is 0 Å². The van der Waals surface area contributed by atoms with E-state index in [4.69, 9.17) is 4.74 Å². The van der Waals surface area contributed by atoms with Crippen LogP contribution in [0.15, 0.2) is 18.2 Å². The SMILES string of the molecule is Cc1ccc(OCC(=O)N2C[C@H](C(=O)O)[C@@H](C3CC3)C2)cc1C. The van der Waals surface area contributed by atoms with E-state index in [1.54, 1.807) is 4.90 Å². The van der Waals surface area contributed by atoms with Crippen LogP contribution in [0.25, 0.3) is 0 Å². The van der Waals surface area contributed by atoms with Gasteiger partial charge in [0.25, 0.3) is 5.91 Å². The molecule has 0 aromatic heterocycles. The molecular formula is C18H23NO4. The van der Waals surface area contributed by atoms with Crippen molar-refractivity contribution in [3.8, 4) is 5.75 Å². The number of ether oxygens (including phenoxy) is 1. The number of aryl methyl sites for hydroxylation is 2. The molecule has 1 saturated carbocycles. The third-order valence-electron chi connectivity index (χ3n) is 5.10. The van der Waals surface area contributed by atoms with E-state index in [9.17, 15) is 14.7 Å². The highest BCUT2D eigenvalue weighted by Gasteiger charge is 2.46. The van der Waals surface area contributed by atoms with E-state index in [2.05, 4.69) is 0 Å². The summed E-state index contributed by atoms with van der Waals surface area (Å²) < 4.78 is 5.58. The van der Waals surface area contributed by atoms with Crippen LogP contribution < -0.4 is 4.74 Å². The van der Waals surface area contributed by atoms with E-state index in [0.29, 0.717) is 24.8 Å². The highest BCUT2D eigenvalue weighted by Crippen LogP contribution is 2.44. The summed E-state index contributed by atoms with van der Waals surface area (Å²) in [6.07, 6.45) is 2.19. The van der Waals surface area contributed by atoms with E-state index in [0.717, 1.165) is 18.4 Å². The first-order valence-electron chi connectivity index (χ1n) is 8.16. The highest BCUT2D eigenvalue weighted by atomic mass is 16.5. The fourth-order valence-corrected chi connectivity index (χ4v) is 3.34. The standard InChI is InChI=1S/C18H23NO4/c1-11-3-6-14(7-12(11)2)23-10-17(20)19-8-15(13-4-5-13)16(9-19)18(21)22/h3,6-7,13,15-16H,4-5,8-10H2,1-2H3,(H,21,22)/t15-,16+/m1/s1. The van der Waals surface area contributed by atoms with Gasteiger partial charge in [-0.1, -0.05) is 6.07 Å². The van der Waals surface area contributed by atoms with Gasteiger partial charge in [0.05, 0.1) is 5.92 Å². The Balaban J connectivity index is 1.58. The lowest BCUT2D eigenvalue weighted by atomic mass is 9.92. The number of hydrogen-bond donors (Lipinski definition) is 1. The van der Waals surface area contributed by atoms with Crippen LogP contribution in [-0.4, -0.2) is 41.6 Å². The normalized spacial score (nSPS) is 23.8. The molecule has 5 nitrogen and oxygen atoms in total. The van der Waals surface area contributed by atoms with Crippen LogP contribution in [0, 0.1) is 31.6 Å². The van der Waals surface area contributed by atoms with Gasteiger partial charge in [0.1, 0.15) is 5.75 Å². The second-order valence-corrected chi connectivity index (χ2v) is 6.78. The zero-order valence-corrected chi connectivity index (χ0v) is 13.6. The summed E-state index contributed by atoms with van der Waals surface area (Å²) >= 11 is 0. The van der Waals surface area contributed by atoms with Crippen molar-refractivity contribution >= 4 is 11.9 Å². The second-order valence-electron chi connectivity index (χ2n) is 6.78. The summed E-state index contributed by atoms with van der Waals surface area (Å²) in [5.41, 5.74) is 2.30. The fraction of sp³-hybridized carbons (Fsp3) is 0.556. The Hall–Kier alpha value is -2.04. The molecular weight excluding hydrogens is 294 g/mol. The first kappa shape index (κ1) is 15.8. The first-order valence-corrected chi connectivity index (χ1v) is 8.16. The summed E-state index contributed by atoms with van der Waals surface area (Å²) in [5, 5.41) is 9.36. The van der Waals surface area contributed by atoms with E-state index < -0.39 is 11.9 Å². The van der Waals surface area contributed by atoms with Crippen LogP contribution >= 0.6 is 0 Å². The molecule has 5 heteroatoms. The van der Waals surface area contributed by atoms with Crippen LogP contribution in [-0.2, 0) is 9.59 Å². The third-order valence-corrected chi connectivity index (χ3v) is 5.10. The summed E-state index contributed by atoms with van der Waals surface area (Å²) in [7, 11) is 0. The van der Waals surface area contributed by atoms with Crippen molar-refractivity contribution in [1.82, 2.24) is 4.90 Å². The molecule has 1 amide bonds. The summed E-state index contributed by atoms with van der Waals surface area (Å²) in [6.45, 7) is 4.86. The predicted octanol–water partition coefficient (Wildman–Crippen LogP) is 2.25. The van der Waals surface area contributed by atoms with Crippen molar-refractivity contribution in [2.75, 3.05) is 19.7 Å². The molecule has 1 saturated heterocycles. The number of amides is 1. The van der Waals surface area contributed by atoms with Crippen molar-refractivity contribution in [3.63, 3.8) is 0 Å². The molecule has 0 radical (unpaired) electrons. The molecule has 2 atom stereocenters. The number of hydrogen-bond acceptors (Lipinski definition) is 3. The number of rotatable bonds is 5. The predicted molar refractivity (Wildman–Crippen MR) is 85.3 cm³/mol. The molecule has 2 fully saturated rings. The number of carboxylic acids is 1. The molecule has 0 bridgehead atoms. The molecule has 1 aromatic carbocycles. The number of likely N-dealkylation sites (tertiary alicyclic amines) is 1. The van der Waals surface area contributed by atoms with Gasteiger partial charge >= 0.3 is 5.97 Å². The van der Waals surface area contributed by atoms with Gasteiger partial charge in [-0.15, -0.1) is 0 Å².